The first-order valence-corrected chi connectivity index (χ1v) is 9.71. The molecule has 0 aliphatic rings. The van der Waals surface area contributed by atoms with E-state index in [1.807, 2.05) is 0 Å². The van der Waals surface area contributed by atoms with Gasteiger partial charge < -0.3 is 19.7 Å². The summed E-state index contributed by atoms with van der Waals surface area (Å²) in [6.07, 6.45) is 11.1. The average Bonchev–Trinajstić information content (AvgIpc) is 2.54. The summed E-state index contributed by atoms with van der Waals surface area (Å²) in [7, 11) is 1.55. The van der Waals surface area contributed by atoms with Crippen molar-refractivity contribution in [2.75, 3.05) is 39.8 Å². The lowest BCUT2D eigenvalue weighted by Crippen LogP contribution is -2.50. The third-order valence-electron chi connectivity index (χ3n) is 4.27. The van der Waals surface area contributed by atoms with Crippen molar-refractivity contribution in [3.05, 3.63) is 0 Å². The highest BCUT2D eigenvalue weighted by molar-refractivity contribution is 5.66. The standard InChI is InChI=1S/C16H36N.C3H7NO2/c1-5-9-13-17(14-10-6-2,15-11-7-3)16-12-8-4;1-4-2-3(5)6/h5-16H2,1-4H3;4H,2H2,1H3,(H,5,6)/q+1;/p-1. The summed E-state index contributed by atoms with van der Waals surface area (Å²) < 4.78 is 1.42. The van der Waals surface area contributed by atoms with Crippen molar-refractivity contribution in [1.82, 2.24) is 5.32 Å². The van der Waals surface area contributed by atoms with E-state index in [-0.39, 0.29) is 6.54 Å². The molecule has 0 saturated heterocycles. The highest BCUT2D eigenvalue weighted by Crippen LogP contribution is 2.16. The minimum atomic E-state index is -1.07. The van der Waals surface area contributed by atoms with E-state index in [1.54, 1.807) is 7.05 Å². The molecule has 0 saturated carbocycles. The Bertz CT molecular complexity index is 220. The van der Waals surface area contributed by atoms with Gasteiger partial charge in [-0.05, 0) is 32.7 Å². The number of hydrogen-bond acceptors (Lipinski definition) is 3. The van der Waals surface area contributed by atoms with Crippen LogP contribution in [0.15, 0.2) is 0 Å². The van der Waals surface area contributed by atoms with E-state index in [2.05, 4.69) is 33.0 Å². The predicted molar refractivity (Wildman–Crippen MR) is 98.3 cm³/mol. The van der Waals surface area contributed by atoms with Crippen molar-refractivity contribution in [2.24, 2.45) is 0 Å². The lowest BCUT2D eigenvalue weighted by Gasteiger charge is -2.39. The number of rotatable bonds is 14. The second-order valence-corrected chi connectivity index (χ2v) is 6.55. The molecule has 0 aliphatic heterocycles. The zero-order valence-electron chi connectivity index (χ0n) is 16.5. The first-order valence-electron chi connectivity index (χ1n) is 9.71. The number of carbonyl (C=O) groups is 1. The van der Waals surface area contributed by atoms with E-state index in [1.165, 1.54) is 82.0 Å². The number of carboxylic acids is 1. The fourth-order valence-electron chi connectivity index (χ4n) is 2.79. The molecule has 0 spiro atoms. The van der Waals surface area contributed by atoms with Crippen LogP contribution in [0.2, 0.25) is 0 Å². The summed E-state index contributed by atoms with van der Waals surface area (Å²) in [6, 6.07) is 0. The Kier molecular flexibility index (Phi) is 19.0. The molecule has 0 aromatic rings. The molecular formula is C19H42N2O2. The number of hydrogen-bond donors (Lipinski definition) is 1. The number of quaternary nitrogens is 1. The highest BCUT2D eigenvalue weighted by Gasteiger charge is 2.24. The zero-order chi connectivity index (χ0) is 18.0. The van der Waals surface area contributed by atoms with E-state index >= 15 is 0 Å². The normalized spacial score (nSPS) is 11.0. The SMILES string of the molecule is CCCC[N+](CCCC)(CCCC)CCCC.CNCC(=O)[O-]. The van der Waals surface area contributed by atoms with Crippen molar-refractivity contribution >= 4 is 5.97 Å². The molecule has 1 N–H and O–H groups in total. The van der Waals surface area contributed by atoms with Crippen LogP contribution in [0.25, 0.3) is 0 Å². The molecule has 0 atom stereocenters. The van der Waals surface area contributed by atoms with Crippen LogP contribution >= 0.6 is 0 Å². The van der Waals surface area contributed by atoms with Gasteiger partial charge in [0.05, 0.1) is 32.1 Å². The summed E-state index contributed by atoms with van der Waals surface area (Å²) in [5, 5.41) is 11.8. The molecule has 0 unspecified atom stereocenters. The Balaban J connectivity index is 0. The van der Waals surface area contributed by atoms with E-state index in [4.69, 9.17) is 0 Å². The van der Waals surface area contributed by atoms with Gasteiger partial charge >= 0.3 is 0 Å². The quantitative estimate of drug-likeness (QED) is 0.498. The van der Waals surface area contributed by atoms with Crippen LogP contribution in [0.1, 0.15) is 79.1 Å². The lowest BCUT2D eigenvalue weighted by molar-refractivity contribution is -0.929. The van der Waals surface area contributed by atoms with Gasteiger partial charge in [0.25, 0.3) is 0 Å². The number of aliphatic carboxylic acids is 1. The second kappa shape index (κ2) is 17.7. The molecule has 0 aromatic heterocycles. The molecule has 140 valence electrons. The molecule has 0 rings (SSSR count). The summed E-state index contributed by atoms with van der Waals surface area (Å²) >= 11 is 0. The molecule has 0 aromatic carbocycles. The highest BCUT2D eigenvalue weighted by atomic mass is 16.4. The smallest absolute Gasteiger partial charge is 0.0786 e. The first-order chi connectivity index (χ1) is 11.0. The van der Waals surface area contributed by atoms with Gasteiger partial charge in [0, 0.05) is 6.54 Å². The van der Waals surface area contributed by atoms with Gasteiger partial charge in [-0.2, -0.15) is 0 Å². The number of likely N-dealkylation sites (N-methyl/N-ethyl adjacent to an activating group) is 1. The minimum absolute atomic E-state index is 0.0694. The maximum atomic E-state index is 9.43. The summed E-state index contributed by atoms with van der Waals surface area (Å²) in [4.78, 5) is 9.43. The van der Waals surface area contributed by atoms with Crippen LogP contribution in [-0.4, -0.2) is 50.2 Å². The molecule has 0 aliphatic carbocycles. The largest absolute Gasteiger partial charge is 0.549 e. The molecule has 0 amide bonds. The molecule has 23 heavy (non-hydrogen) atoms. The van der Waals surface area contributed by atoms with Gasteiger partial charge in [-0.3, -0.25) is 0 Å². The predicted octanol–water partition coefficient (Wildman–Crippen LogP) is 2.96. The van der Waals surface area contributed by atoms with Crippen molar-refractivity contribution < 1.29 is 14.4 Å². The summed E-state index contributed by atoms with van der Waals surface area (Å²) in [5.41, 5.74) is 0. The number of nitrogens with one attached hydrogen (secondary N) is 1. The molecule has 4 nitrogen and oxygen atoms in total. The molecule has 0 heterocycles. The molecule has 4 heteroatoms. The number of carboxylic acid groups (broad SMARTS) is 1. The zero-order valence-corrected chi connectivity index (χ0v) is 16.5. The van der Waals surface area contributed by atoms with Crippen LogP contribution in [0.5, 0.6) is 0 Å². The molecular weight excluding hydrogens is 288 g/mol. The maximum Gasteiger partial charge on any atom is 0.0786 e. The van der Waals surface area contributed by atoms with E-state index in [0.717, 1.165) is 0 Å². The Morgan fingerprint density at radius 3 is 1.22 bits per heavy atom. The summed E-state index contributed by atoms with van der Waals surface area (Å²) in [6.45, 7) is 14.9. The maximum absolute atomic E-state index is 9.43. The van der Waals surface area contributed by atoms with E-state index in [9.17, 15) is 9.90 Å². The second-order valence-electron chi connectivity index (χ2n) is 6.55. The van der Waals surface area contributed by atoms with E-state index in [0.29, 0.717) is 0 Å². The molecule has 0 radical (unpaired) electrons. The molecule has 0 fully saturated rings. The lowest BCUT2D eigenvalue weighted by atomic mass is 10.1. The van der Waals surface area contributed by atoms with Crippen molar-refractivity contribution in [3.8, 4) is 0 Å². The average molecular weight is 331 g/mol. The van der Waals surface area contributed by atoms with Crippen LogP contribution < -0.4 is 10.4 Å². The van der Waals surface area contributed by atoms with Crippen LogP contribution in [0.4, 0.5) is 0 Å². The van der Waals surface area contributed by atoms with Crippen LogP contribution in [0, 0.1) is 0 Å². The van der Waals surface area contributed by atoms with Gasteiger partial charge in [0.2, 0.25) is 0 Å². The molecule has 0 bridgehead atoms. The number of unbranched alkanes of at least 4 members (excludes halogenated alkanes) is 4. The van der Waals surface area contributed by atoms with Crippen LogP contribution in [-0.2, 0) is 4.79 Å². The Morgan fingerprint density at radius 1 is 0.783 bits per heavy atom. The fourth-order valence-corrected chi connectivity index (χ4v) is 2.79. The van der Waals surface area contributed by atoms with Gasteiger partial charge in [-0.15, -0.1) is 0 Å². The van der Waals surface area contributed by atoms with Gasteiger partial charge in [-0.1, -0.05) is 53.4 Å². The van der Waals surface area contributed by atoms with Gasteiger partial charge in [-0.25, -0.2) is 0 Å². The topological polar surface area (TPSA) is 52.2 Å². The van der Waals surface area contributed by atoms with Crippen LogP contribution in [0.3, 0.4) is 0 Å². The minimum Gasteiger partial charge on any atom is -0.549 e. The van der Waals surface area contributed by atoms with Crippen molar-refractivity contribution in [3.63, 3.8) is 0 Å². The van der Waals surface area contributed by atoms with Crippen molar-refractivity contribution in [1.29, 1.82) is 0 Å². The third kappa shape index (κ3) is 16.0. The third-order valence-corrected chi connectivity index (χ3v) is 4.27. The van der Waals surface area contributed by atoms with Gasteiger partial charge in [0.1, 0.15) is 0 Å². The Morgan fingerprint density at radius 2 is 1.09 bits per heavy atom. The number of carbonyl (C=O) groups excluding carboxylic acids is 1. The van der Waals surface area contributed by atoms with Crippen molar-refractivity contribution in [2.45, 2.75) is 79.1 Å². The monoisotopic (exact) mass is 330 g/mol. The van der Waals surface area contributed by atoms with Gasteiger partial charge in [0.15, 0.2) is 0 Å². The Labute approximate surface area is 145 Å². The summed E-state index contributed by atoms with van der Waals surface area (Å²) in [5.74, 6) is -1.07. The fraction of sp³-hybridized carbons (Fsp3) is 0.947. The Hall–Kier alpha value is -0.610. The first kappa shape index (κ1) is 24.6. The number of nitrogens with zero attached hydrogens (tertiary/aromatic N) is 1. The van der Waals surface area contributed by atoms with E-state index < -0.39 is 5.97 Å².